The quantitative estimate of drug-likeness (QED) is 0.849. The number of ether oxygens (including phenoxy) is 1. The average molecular weight is 235 g/mol. The Bertz CT molecular complexity index is 341. The van der Waals surface area contributed by atoms with Crippen molar-refractivity contribution in [2.24, 2.45) is 0 Å². The number of carbonyl (C=O) groups is 1. The molecule has 1 N–H and O–H groups in total. The Labute approximate surface area is 103 Å². The number of hydrogen-bond acceptors (Lipinski definition) is 2. The topological polar surface area (TPSA) is 38.3 Å². The number of benzene rings is 1. The van der Waals surface area contributed by atoms with Crippen molar-refractivity contribution in [1.29, 1.82) is 0 Å². The maximum Gasteiger partial charge on any atom is 0.246 e. The molecule has 1 aromatic rings. The lowest BCUT2D eigenvalue weighted by molar-refractivity contribution is -0.130. The van der Waals surface area contributed by atoms with Gasteiger partial charge in [0.05, 0.1) is 5.60 Å². The van der Waals surface area contributed by atoms with Gasteiger partial charge in [-0.2, -0.15) is 0 Å². The van der Waals surface area contributed by atoms with Crippen molar-refractivity contribution in [3.05, 3.63) is 35.9 Å². The highest BCUT2D eigenvalue weighted by Crippen LogP contribution is 2.05. The van der Waals surface area contributed by atoms with Crippen LogP contribution < -0.4 is 5.32 Å². The van der Waals surface area contributed by atoms with Crippen LogP contribution in [0.4, 0.5) is 0 Å². The SMILES string of the molecule is CC(C)(C)OCC(=O)NCCc1ccccc1. The summed E-state index contributed by atoms with van der Waals surface area (Å²) in [6.07, 6.45) is 0.849. The molecule has 0 unspecified atom stereocenters. The normalized spacial score (nSPS) is 11.2. The van der Waals surface area contributed by atoms with Gasteiger partial charge >= 0.3 is 0 Å². The van der Waals surface area contributed by atoms with Crippen molar-refractivity contribution in [2.75, 3.05) is 13.2 Å². The highest BCUT2D eigenvalue weighted by molar-refractivity contribution is 5.77. The molecule has 0 aliphatic carbocycles. The summed E-state index contributed by atoms with van der Waals surface area (Å²) in [5, 5.41) is 2.84. The van der Waals surface area contributed by atoms with Crippen molar-refractivity contribution in [1.82, 2.24) is 5.32 Å². The molecule has 3 nitrogen and oxygen atoms in total. The minimum Gasteiger partial charge on any atom is -0.366 e. The largest absolute Gasteiger partial charge is 0.366 e. The van der Waals surface area contributed by atoms with Crippen molar-refractivity contribution >= 4 is 5.91 Å². The molecule has 0 fully saturated rings. The van der Waals surface area contributed by atoms with E-state index >= 15 is 0 Å². The maximum atomic E-state index is 11.4. The lowest BCUT2D eigenvalue weighted by atomic mass is 10.1. The monoisotopic (exact) mass is 235 g/mol. The van der Waals surface area contributed by atoms with Gasteiger partial charge in [-0.15, -0.1) is 0 Å². The van der Waals surface area contributed by atoms with Gasteiger partial charge in [-0.3, -0.25) is 4.79 Å². The molecule has 0 atom stereocenters. The highest BCUT2D eigenvalue weighted by Gasteiger charge is 2.12. The third-order valence-electron chi connectivity index (χ3n) is 2.21. The first-order chi connectivity index (χ1) is 7.97. The summed E-state index contributed by atoms with van der Waals surface area (Å²) < 4.78 is 5.38. The fraction of sp³-hybridized carbons (Fsp3) is 0.500. The number of nitrogens with one attached hydrogen (secondary N) is 1. The third kappa shape index (κ3) is 6.74. The standard InChI is InChI=1S/C14H21NO2/c1-14(2,3)17-11-13(16)15-10-9-12-7-5-4-6-8-12/h4-8H,9-11H2,1-3H3,(H,15,16). The Kier molecular flexibility index (Phi) is 5.16. The zero-order valence-electron chi connectivity index (χ0n) is 10.8. The molecule has 1 amide bonds. The predicted octanol–water partition coefficient (Wildman–Crippen LogP) is 2.16. The minimum absolute atomic E-state index is 0.0594. The van der Waals surface area contributed by atoms with Gasteiger partial charge < -0.3 is 10.1 Å². The fourth-order valence-corrected chi connectivity index (χ4v) is 1.32. The first-order valence-corrected chi connectivity index (χ1v) is 5.92. The molecular formula is C14H21NO2. The Balaban J connectivity index is 2.17. The minimum atomic E-state index is -0.267. The Morgan fingerprint density at radius 2 is 1.88 bits per heavy atom. The number of rotatable bonds is 5. The number of amides is 1. The molecule has 0 aliphatic heterocycles. The third-order valence-corrected chi connectivity index (χ3v) is 2.21. The van der Waals surface area contributed by atoms with E-state index in [1.54, 1.807) is 0 Å². The first-order valence-electron chi connectivity index (χ1n) is 5.92. The van der Waals surface area contributed by atoms with Crippen molar-refractivity contribution in [3.63, 3.8) is 0 Å². The Morgan fingerprint density at radius 1 is 1.24 bits per heavy atom. The smallest absolute Gasteiger partial charge is 0.246 e. The molecule has 0 saturated carbocycles. The average Bonchev–Trinajstić information content (AvgIpc) is 2.27. The van der Waals surface area contributed by atoms with E-state index in [-0.39, 0.29) is 18.1 Å². The van der Waals surface area contributed by atoms with Crippen LogP contribution in [0.2, 0.25) is 0 Å². The summed E-state index contributed by atoms with van der Waals surface area (Å²) >= 11 is 0. The summed E-state index contributed by atoms with van der Waals surface area (Å²) in [5.74, 6) is -0.0594. The molecule has 1 rings (SSSR count). The molecule has 1 aromatic carbocycles. The van der Waals surface area contributed by atoms with Gasteiger partial charge in [0.15, 0.2) is 0 Å². The second kappa shape index (κ2) is 6.40. The Morgan fingerprint density at radius 3 is 2.47 bits per heavy atom. The lowest BCUT2D eigenvalue weighted by Gasteiger charge is -2.18. The second-order valence-electron chi connectivity index (χ2n) is 4.99. The molecule has 0 heterocycles. The van der Waals surface area contributed by atoms with Gasteiger partial charge in [0.1, 0.15) is 6.61 Å². The van der Waals surface area contributed by atoms with Crippen molar-refractivity contribution in [2.45, 2.75) is 32.8 Å². The molecule has 0 spiro atoms. The summed E-state index contributed by atoms with van der Waals surface area (Å²) in [7, 11) is 0. The van der Waals surface area contributed by atoms with Crippen LogP contribution >= 0.6 is 0 Å². The van der Waals surface area contributed by atoms with Crippen molar-refractivity contribution < 1.29 is 9.53 Å². The van der Waals surface area contributed by atoms with E-state index in [1.165, 1.54) is 5.56 Å². The zero-order chi connectivity index (χ0) is 12.7. The molecule has 0 bridgehead atoms. The van der Waals surface area contributed by atoms with E-state index in [2.05, 4.69) is 17.4 Å². The summed E-state index contributed by atoms with van der Waals surface area (Å²) in [6.45, 7) is 6.58. The van der Waals surface area contributed by atoms with Crippen LogP contribution in [0.5, 0.6) is 0 Å². The van der Waals surface area contributed by atoms with Crippen LogP contribution in [0.25, 0.3) is 0 Å². The number of carbonyl (C=O) groups excluding carboxylic acids is 1. The van der Waals surface area contributed by atoms with Crippen LogP contribution in [0.3, 0.4) is 0 Å². The summed E-state index contributed by atoms with van der Waals surface area (Å²) in [5.41, 5.74) is 0.959. The van der Waals surface area contributed by atoms with E-state index < -0.39 is 0 Å². The molecule has 0 saturated heterocycles. The fourth-order valence-electron chi connectivity index (χ4n) is 1.32. The molecule has 0 radical (unpaired) electrons. The maximum absolute atomic E-state index is 11.4. The van der Waals surface area contributed by atoms with Crippen LogP contribution in [0, 0.1) is 0 Å². The van der Waals surface area contributed by atoms with E-state index in [0.717, 1.165) is 6.42 Å². The molecule has 0 aromatic heterocycles. The molecule has 3 heteroatoms. The summed E-state index contributed by atoms with van der Waals surface area (Å²) in [6, 6.07) is 10.1. The van der Waals surface area contributed by atoms with Crippen LogP contribution in [0.15, 0.2) is 30.3 Å². The highest BCUT2D eigenvalue weighted by atomic mass is 16.5. The van der Waals surface area contributed by atoms with E-state index in [4.69, 9.17) is 4.74 Å². The molecule has 0 aliphatic rings. The molecule has 94 valence electrons. The Hall–Kier alpha value is -1.35. The lowest BCUT2D eigenvalue weighted by Crippen LogP contribution is -2.33. The van der Waals surface area contributed by atoms with Crippen LogP contribution in [-0.4, -0.2) is 24.7 Å². The summed E-state index contributed by atoms with van der Waals surface area (Å²) in [4.78, 5) is 11.4. The van der Waals surface area contributed by atoms with Gasteiger partial charge in [-0.1, -0.05) is 30.3 Å². The first kappa shape index (κ1) is 13.7. The van der Waals surface area contributed by atoms with Crippen LogP contribution in [-0.2, 0) is 16.0 Å². The predicted molar refractivity (Wildman–Crippen MR) is 68.9 cm³/mol. The van der Waals surface area contributed by atoms with Crippen molar-refractivity contribution in [3.8, 4) is 0 Å². The van der Waals surface area contributed by atoms with Gasteiger partial charge in [0.25, 0.3) is 0 Å². The second-order valence-corrected chi connectivity index (χ2v) is 4.99. The van der Waals surface area contributed by atoms with Gasteiger partial charge in [0.2, 0.25) is 5.91 Å². The van der Waals surface area contributed by atoms with Gasteiger partial charge in [-0.25, -0.2) is 0 Å². The van der Waals surface area contributed by atoms with E-state index in [9.17, 15) is 4.79 Å². The molecular weight excluding hydrogens is 214 g/mol. The van der Waals surface area contributed by atoms with Crippen LogP contribution in [0.1, 0.15) is 26.3 Å². The van der Waals surface area contributed by atoms with E-state index in [1.807, 2.05) is 39.0 Å². The zero-order valence-corrected chi connectivity index (χ0v) is 10.8. The number of hydrogen-bond donors (Lipinski definition) is 1. The molecule has 17 heavy (non-hydrogen) atoms. The van der Waals surface area contributed by atoms with E-state index in [0.29, 0.717) is 6.54 Å². The van der Waals surface area contributed by atoms with Gasteiger partial charge in [-0.05, 0) is 32.8 Å². The van der Waals surface area contributed by atoms with Gasteiger partial charge in [0, 0.05) is 6.54 Å².